The maximum atomic E-state index is 4.45. The standard InChI is InChI=1S/C22H27N3/c1-15-6-5-7-19-20-14-24(4)17(3)12-21(20)25(22(15)19)11-10-18-9-8-16(2)23-13-18/h5-9,13,17H,10-12,14H2,1-4H3. The number of nitrogens with zero attached hydrogens (tertiary/aromatic N) is 3. The zero-order valence-corrected chi connectivity index (χ0v) is 15.7. The van der Waals surface area contributed by atoms with E-state index < -0.39 is 0 Å². The summed E-state index contributed by atoms with van der Waals surface area (Å²) in [4.78, 5) is 6.92. The lowest BCUT2D eigenvalue weighted by Crippen LogP contribution is -2.35. The van der Waals surface area contributed by atoms with Crippen molar-refractivity contribution in [2.24, 2.45) is 0 Å². The topological polar surface area (TPSA) is 21.1 Å². The Labute approximate surface area is 150 Å². The molecule has 1 atom stereocenters. The summed E-state index contributed by atoms with van der Waals surface area (Å²) in [6, 6.07) is 11.7. The molecule has 3 heteroatoms. The molecule has 0 saturated heterocycles. The van der Waals surface area contributed by atoms with Crippen LogP contribution < -0.4 is 0 Å². The molecule has 1 aliphatic rings. The van der Waals surface area contributed by atoms with E-state index in [0.717, 1.165) is 31.6 Å². The summed E-state index contributed by atoms with van der Waals surface area (Å²) >= 11 is 0. The molecular formula is C22H27N3. The molecule has 0 bridgehead atoms. The van der Waals surface area contributed by atoms with Gasteiger partial charge < -0.3 is 4.57 Å². The third kappa shape index (κ3) is 2.87. The number of hydrogen-bond donors (Lipinski definition) is 0. The zero-order valence-electron chi connectivity index (χ0n) is 15.7. The summed E-state index contributed by atoms with van der Waals surface area (Å²) in [5.41, 5.74) is 8.27. The minimum Gasteiger partial charge on any atom is -0.344 e. The maximum absolute atomic E-state index is 4.45. The van der Waals surface area contributed by atoms with E-state index in [2.05, 4.69) is 65.7 Å². The smallest absolute Gasteiger partial charge is 0.0515 e. The molecule has 0 N–H and O–H groups in total. The van der Waals surface area contributed by atoms with Gasteiger partial charge >= 0.3 is 0 Å². The van der Waals surface area contributed by atoms with Gasteiger partial charge in [0, 0.05) is 48.5 Å². The first-order valence-corrected chi connectivity index (χ1v) is 9.26. The van der Waals surface area contributed by atoms with E-state index in [1.54, 1.807) is 0 Å². The molecule has 0 aliphatic carbocycles. The molecule has 0 saturated carbocycles. The molecule has 0 fully saturated rings. The lowest BCUT2D eigenvalue weighted by molar-refractivity contribution is 0.228. The maximum Gasteiger partial charge on any atom is 0.0515 e. The van der Waals surface area contributed by atoms with E-state index in [9.17, 15) is 0 Å². The second-order valence-corrected chi connectivity index (χ2v) is 7.57. The second kappa shape index (κ2) is 6.30. The summed E-state index contributed by atoms with van der Waals surface area (Å²) in [6.07, 6.45) is 4.19. The van der Waals surface area contributed by atoms with Crippen molar-refractivity contribution >= 4 is 10.9 Å². The van der Waals surface area contributed by atoms with Gasteiger partial charge in [0.25, 0.3) is 0 Å². The van der Waals surface area contributed by atoms with Gasteiger partial charge in [0.15, 0.2) is 0 Å². The Morgan fingerprint density at radius 1 is 1.16 bits per heavy atom. The number of hydrogen-bond acceptors (Lipinski definition) is 2. The summed E-state index contributed by atoms with van der Waals surface area (Å²) in [7, 11) is 2.24. The number of para-hydroxylation sites is 1. The van der Waals surface area contributed by atoms with Gasteiger partial charge in [-0.15, -0.1) is 0 Å². The highest BCUT2D eigenvalue weighted by molar-refractivity contribution is 5.88. The molecule has 3 heterocycles. The minimum atomic E-state index is 0.594. The second-order valence-electron chi connectivity index (χ2n) is 7.57. The van der Waals surface area contributed by atoms with Gasteiger partial charge in [0.05, 0.1) is 5.52 Å². The number of fused-ring (bicyclic) bond motifs is 3. The lowest BCUT2D eigenvalue weighted by Gasteiger charge is -2.31. The van der Waals surface area contributed by atoms with E-state index in [4.69, 9.17) is 0 Å². The van der Waals surface area contributed by atoms with Crippen molar-refractivity contribution in [1.82, 2.24) is 14.5 Å². The van der Waals surface area contributed by atoms with Gasteiger partial charge in [-0.05, 0) is 57.0 Å². The van der Waals surface area contributed by atoms with Crippen LogP contribution in [0.25, 0.3) is 10.9 Å². The molecule has 0 amide bonds. The Hall–Kier alpha value is -2.13. The molecule has 1 aliphatic heterocycles. The molecule has 0 spiro atoms. The first kappa shape index (κ1) is 16.3. The predicted octanol–water partition coefficient (Wildman–Crippen LogP) is 4.27. The van der Waals surface area contributed by atoms with Crippen molar-refractivity contribution in [3.63, 3.8) is 0 Å². The highest BCUT2D eigenvalue weighted by Crippen LogP contribution is 2.34. The Bertz CT molecular complexity index is 905. The Morgan fingerprint density at radius 2 is 2.00 bits per heavy atom. The van der Waals surface area contributed by atoms with Crippen molar-refractivity contribution in [1.29, 1.82) is 0 Å². The van der Waals surface area contributed by atoms with E-state index in [1.165, 1.54) is 33.3 Å². The zero-order chi connectivity index (χ0) is 17.6. The van der Waals surface area contributed by atoms with E-state index in [1.807, 2.05) is 13.1 Å². The molecule has 130 valence electrons. The van der Waals surface area contributed by atoms with Crippen LogP contribution in [0.15, 0.2) is 36.5 Å². The minimum absolute atomic E-state index is 0.594. The first-order valence-electron chi connectivity index (χ1n) is 9.26. The third-order valence-corrected chi connectivity index (χ3v) is 5.75. The highest BCUT2D eigenvalue weighted by atomic mass is 15.1. The summed E-state index contributed by atoms with van der Waals surface area (Å²) in [5.74, 6) is 0. The van der Waals surface area contributed by atoms with Crippen LogP contribution in [0.2, 0.25) is 0 Å². The van der Waals surface area contributed by atoms with Crippen LogP contribution in [-0.4, -0.2) is 27.5 Å². The van der Waals surface area contributed by atoms with Crippen LogP contribution >= 0.6 is 0 Å². The number of benzene rings is 1. The molecule has 25 heavy (non-hydrogen) atoms. The highest BCUT2D eigenvalue weighted by Gasteiger charge is 2.26. The van der Waals surface area contributed by atoms with Crippen molar-refractivity contribution in [3.05, 3.63) is 64.6 Å². The van der Waals surface area contributed by atoms with Crippen LogP contribution in [0, 0.1) is 13.8 Å². The van der Waals surface area contributed by atoms with E-state index >= 15 is 0 Å². The Morgan fingerprint density at radius 3 is 2.76 bits per heavy atom. The average molecular weight is 333 g/mol. The summed E-state index contributed by atoms with van der Waals surface area (Å²) < 4.78 is 2.59. The molecule has 0 radical (unpaired) electrons. The largest absolute Gasteiger partial charge is 0.344 e. The normalized spacial score (nSPS) is 17.8. The average Bonchev–Trinajstić information content (AvgIpc) is 2.89. The predicted molar refractivity (Wildman–Crippen MR) is 104 cm³/mol. The van der Waals surface area contributed by atoms with Crippen LogP contribution in [0.5, 0.6) is 0 Å². The molecular weight excluding hydrogens is 306 g/mol. The molecule has 3 nitrogen and oxygen atoms in total. The van der Waals surface area contributed by atoms with Crippen LogP contribution in [0.1, 0.15) is 35.0 Å². The Balaban J connectivity index is 1.77. The molecule has 3 aromatic rings. The van der Waals surface area contributed by atoms with Gasteiger partial charge in [0.1, 0.15) is 0 Å². The van der Waals surface area contributed by atoms with Gasteiger partial charge in [-0.1, -0.05) is 24.3 Å². The van der Waals surface area contributed by atoms with Gasteiger partial charge in [-0.2, -0.15) is 0 Å². The monoisotopic (exact) mass is 333 g/mol. The molecule has 4 rings (SSSR count). The van der Waals surface area contributed by atoms with Crippen LogP contribution in [0.4, 0.5) is 0 Å². The first-order chi connectivity index (χ1) is 12.0. The number of aromatic nitrogens is 2. The molecule has 1 unspecified atom stereocenters. The molecule has 2 aromatic heterocycles. The van der Waals surface area contributed by atoms with Crippen molar-refractivity contribution in [2.75, 3.05) is 7.05 Å². The van der Waals surface area contributed by atoms with E-state index in [0.29, 0.717) is 6.04 Å². The summed E-state index contributed by atoms with van der Waals surface area (Å²) in [5, 5.41) is 1.44. The number of likely N-dealkylation sites (N-methyl/N-ethyl adjacent to an activating group) is 1. The van der Waals surface area contributed by atoms with E-state index in [-0.39, 0.29) is 0 Å². The van der Waals surface area contributed by atoms with Crippen molar-refractivity contribution in [3.8, 4) is 0 Å². The fourth-order valence-corrected chi connectivity index (χ4v) is 4.10. The van der Waals surface area contributed by atoms with Crippen LogP contribution in [-0.2, 0) is 25.9 Å². The van der Waals surface area contributed by atoms with Gasteiger partial charge in [0.2, 0.25) is 0 Å². The van der Waals surface area contributed by atoms with Gasteiger partial charge in [-0.25, -0.2) is 0 Å². The van der Waals surface area contributed by atoms with Crippen molar-refractivity contribution in [2.45, 2.75) is 52.7 Å². The Kier molecular flexibility index (Phi) is 4.12. The summed E-state index contributed by atoms with van der Waals surface area (Å²) in [6.45, 7) is 8.70. The number of aryl methyl sites for hydroxylation is 4. The number of pyridine rings is 1. The fourth-order valence-electron chi connectivity index (χ4n) is 4.10. The third-order valence-electron chi connectivity index (χ3n) is 5.75. The fraction of sp³-hybridized carbons (Fsp3) is 0.409. The quantitative estimate of drug-likeness (QED) is 0.713. The lowest BCUT2D eigenvalue weighted by atomic mass is 9.99. The van der Waals surface area contributed by atoms with Crippen molar-refractivity contribution < 1.29 is 0 Å². The van der Waals surface area contributed by atoms with Gasteiger partial charge in [-0.3, -0.25) is 9.88 Å². The number of rotatable bonds is 3. The molecule has 1 aromatic carbocycles. The van der Waals surface area contributed by atoms with Crippen LogP contribution in [0.3, 0.4) is 0 Å². The SMILES string of the molecule is Cc1ccc(CCn2c3c(c4cccc(C)c42)CN(C)C(C)C3)cn1.